The predicted molar refractivity (Wildman–Crippen MR) is 104 cm³/mol. The van der Waals surface area contributed by atoms with E-state index in [1.165, 1.54) is 17.1 Å². The van der Waals surface area contributed by atoms with Crippen molar-refractivity contribution in [2.45, 2.75) is 13.3 Å². The Bertz CT molecular complexity index is 957. The van der Waals surface area contributed by atoms with E-state index in [1.54, 1.807) is 0 Å². The molecule has 0 atom stereocenters. The summed E-state index contributed by atoms with van der Waals surface area (Å²) in [6.07, 6.45) is 6.93. The summed E-state index contributed by atoms with van der Waals surface area (Å²) in [5.41, 5.74) is 8.38. The van der Waals surface area contributed by atoms with E-state index < -0.39 is 0 Å². The van der Waals surface area contributed by atoms with Gasteiger partial charge in [-0.15, -0.1) is 0 Å². The van der Waals surface area contributed by atoms with E-state index in [-0.39, 0.29) is 0 Å². The van der Waals surface area contributed by atoms with Gasteiger partial charge in [-0.2, -0.15) is 4.37 Å². The largest absolute Gasteiger partial charge is 0.328 e. The van der Waals surface area contributed by atoms with Crippen molar-refractivity contribution in [2.24, 2.45) is 0 Å². The molecule has 1 aliphatic rings. The molecule has 0 radical (unpaired) electrons. The lowest BCUT2D eigenvalue weighted by Gasteiger charge is -2.10. The molecule has 8 nitrogen and oxygen atoms in total. The Morgan fingerprint density at radius 1 is 1.38 bits per heavy atom. The molecule has 0 fully saturated rings. The monoisotopic (exact) mass is 370 g/mol. The van der Waals surface area contributed by atoms with E-state index in [4.69, 9.17) is 4.98 Å². The average Bonchev–Trinajstić information content (AvgIpc) is 3.33. The van der Waals surface area contributed by atoms with Gasteiger partial charge >= 0.3 is 0 Å². The Morgan fingerprint density at radius 3 is 2.96 bits per heavy atom. The first-order chi connectivity index (χ1) is 12.6. The number of hydrogen-bond donors (Lipinski definition) is 3. The molecule has 0 aromatic carbocycles. The molecule has 4 heterocycles. The molecule has 1 aliphatic heterocycles. The number of imidazole rings is 1. The summed E-state index contributed by atoms with van der Waals surface area (Å²) in [7, 11) is 3.94. The molecule has 3 N–H and O–H groups in total. The third-order valence-corrected chi connectivity index (χ3v) is 5.04. The summed E-state index contributed by atoms with van der Waals surface area (Å²) in [6.45, 7) is 3.64. The van der Waals surface area contributed by atoms with Crippen LogP contribution in [0.25, 0.3) is 11.2 Å². The van der Waals surface area contributed by atoms with Gasteiger partial charge in [0, 0.05) is 44.5 Å². The van der Waals surface area contributed by atoms with Gasteiger partial charge in [-0.05, 0) is 31.6 Å². The first-order valence-electron chi connectivity index (χ1n) is 8.53. The number of aromatic nitrogens is 4. The Hall–Kier alpha value is -2.49. The van der Waals surface area contributed by atoms with E-state index in [0.29, 0.717) is 0 Å². The molecule has 3 aromatic rings. The van der Waals surface area contributed by atoms with Crippen LogP contribution in [0.4, 0.5) is 10.8 Å². The van der Waals surface area contributed by atoms with Crippen LogP contribution in [0.1, 0.15) is 17.1 Å². The number of aryl methyl sites for hydroxylation is 1. The van der Waals surface area contributed by atoms with Crippen LogP contribution in [-0.4, -0.2) is 50.9 Å². The highest BCUT2D eigenvalue weighted by atomic mass is 32.1. The molecular weight excluding hydrogens is 348 g/mol. The van der Waals surface area contributed by atoms with Crippen LogP contribution in [0.3, 0.4) is 0 Å². The molecule has 26 heavy (non-hydrogen) atoms. The molecule has 0 amide bonds. The summed E-state index contributed by atoms with van der Waals surface area (Å²) in [5, 5.41) is 9.51. The fraction of sp³-hybridized carbons (Fsp3) is 0.353. The highest BCUT2D eigenvalue weighted by Crippen LogP contribution is 2.27. The second-order valence-corrected chi connectivity index (χ2v) is 7.13. The lowest BCUT2D eigenvalue weighted by atomic mass is 10.2. The van der Waals surface area contributed by atoms with E-state index >= 15 is 0 Å². The van der Waals surface area contributed by atoms with E-state index in [1.807, 2.05) is 38.3 Å². The first-order valence-corrected chi connectivity index (χ1v) is 9.30. The molecule has 0 spiro atoms. The molecular formula is C17H22N8S. The topological polar surface area (TPSA) is 82.4 Å². The van der Waals surface area contributed by atoms with Gasteiger partial charge in [-0.3, -0.25) is 4.40 Å². The van der Waals surface area contributed by atoms with Crippen LogP contribution in [0, 0.1) is 6.92 Å². The van der Waals surface area contributed by atoms with Gasteiger partial charge in [0.05, 0.1) is 23.3 Å². The van der Waals surface area contributed by atoms with E-state index in [2.05, 4.69) is 42.2 Å². The Labute approximate surface area is 156 Å². The summed E-state index contributed by atoms with van der Waals surface area (Å²) < 4.78 is 6.46. The van der Waals surface area contributed by atoms with Crippen molar-refractivity contribution in [1.29, 1.82) is 0 Å². The van der Waals surface area contributed by atoms with Crippen molar-refractivity contribution in [2.75, 3.05) is 32.5 Å². The van der Waals surface area contributed by atoms with Gasteiger partial charge in [-0.25, -0.2) is 15.4 Å². The summed E-state index contributed by atoms with van der Waals surface area (Å²) in [6, 6.07) is 2.02. The maximum atomic E-state index is 4.80. The number of nitrogens with one attached hydrogen (secondary N) is 3. The van der Waals surface area contributed by atoms with Gasteiger partial charge in [-0.1, -0.05) is 0 Å². The minimum atomic E-state index is 0.758. The third-order valence-electron chi connectivity index (χ3n) is 4.24. The Morgan fingerprint density at radius 2 is 2.27 bits per heavy atom. The smallest absolute Gasteiger partial charge is 0.180 e. The van der Waals surface area contributed by atoms with Crippen molar-refractivity contribution >= 4 is 33.6 Å². The fourth-order valence-corrected chi connectivity index (χ4v) is 3.62. The zero-order chi connectivity index (χ0) is 18.1. The number of fused-ring (bicyclic) bond motifs is 1. The first kappa shape index (κ1) is 17.0. The maximum absolute atomic E-state index is 4.80. The summed E-state index contributed by atoms with van der Waals surface area (Å²) in [4.78, 5) is 9.43. The molecule has 9 heteroatoms. The van der Waals surface area contributed by atoms with Gasteiger partial charge in [0.1, 0.15) is 5.00 Å². The number of nitrogens with zero attached hydrogens (tertiary/aromatic N) is 5. The highest BCUT2D eigenvalue weighted by Gasteiger charge is 2.18. The second-order valence-electron chi connectivity index (χ2n) is 6.33. The standard InChI is InChI=1S/C17H22N8S/c1-11-6-15(26-23-11)22-16-17-19-8-14(12-7-20-24(3)9-12)25(17)10-13(21-16)4-5-18-2/h6,8-10,18,20H,4-5,7H2,1-3H3,(H,21,22). The predicted octanol–water partition coefficient (Wildman–Crippen LogP) is 1.79. The van der Waals surface area contributed by atoms with Crippen molar-refractivity contribution < 1.29 is 0 Å². The average molecular weight is 370 g/mol. The molecule has 3 aromatic heterocycles. The number of rotatable bonds is 6. The SMILES string of the molecule is CNCCc1cn2c(C3=CN(C)NC3)cnc2c(Nc2cc(C)ns2)n1. The molecule has 0 unspecified atom stereocenters. The van der Waals surface area contributed by atoms with Gasteiger partial charge in [0.2, 0.25) is 0 Å². The lowest BCUT2D eigenvalue weighted by Crippen LogP contribution is -2.23. The van der Waals surface area contributed by atoms with Crippen LogP contribution in [0.2, 0.25) is 0 Å². The van der Waals surface area contributed by atoms with Crippen LogP contribution < -0.4 is 16.1 Å². The van der Waals surface area contributed by atoms with Gasteiger partial charge < -0.3 is 15.6 Å². The van der Waals surface area contributed by atoms with Crippen LogP contribution >= 0.6 is 11.5 Å². The molecule has 4 rings (SSSR count). The molecule has 136 valence electrons. The van der Waals surface area contributed by atoms with E-state index in [9.17, 15) is 0 Å². The number of hydrazine groups is 1. The van der Waals surface area contributed by atoms with Crippen LogP contribution in [-0.2, 0) is 6.42 Å². The maximum Gasteiger partial charge on any atom is 0.180 e. The number of anilines is 2. The zero-order valence-corrected chi connectivity index (χ0v) is 15.9. The van der Waals surface area contributed by atoms with E-state index in [0.717, 1.165) is 53.1 Å². The Kier molecular flexibility index (Phi) is 4.58. The van der Waals surface area contributed by atoms with Crippen LogP contribution in [0.15, 0.2) is 24.7 Å². The normalized spacial score (nSPS) is 14.3. The Balaban J connectivity index is 1.79. The quantitative estimate of drug-likeness (QED) is 0.610. The minimum absolute atomic E-state index is 0.758. The van der Waals surface area contributed by atoms with Crippen LogP contribution in [0.5, 0.6) is 0 Å². The summed E-state index contributed by atoms with van der Waals surface area (Å²) in [5.74, 6) is 0.758. The lowest BCUT2D eigenvalue weighted by molar-refractivity contribution is 0.374. The summed E-state index contributed by atoms with van der Waals surface area (Å²) >= 11 is 1.43. The number of likely N-dealkylation sites (N-methyl/N-ethyl adjacent to an activating group) is 1. The van der Waals surface area contributed by atoms with Crippen molar-refractivity contribution in [3.05, 3.63) is 41.7 Å². The van der Waals surface area contributed by atoms with Gasteiger partial charge in [0.25, 0.3) is 0 Å². The fourth-order valence-electron chi connectivity index (χ4n) is 2.96. The molecule has 0 aliphatic carbocycles. The van der Waals surface area contributed by atoms with Gasteiger partial charge in [0.15, 0.2) is 11.5 Å². The minimum Gasteiger partial charge on any atom is -0.328 e. The van der Waals surface area contributed by atoms with Crippen molar-refractivity contribution in [3.63, 3.8) is 0 Å². The van der Waals surface area contributed by atoms with Crippen molar-refractivity contribution in [3.8, 4) is 0 Å². The molecule has 0 bridgehead atoms. The molecule has 0 saturated heterocycles. The number of hydrogen-bond acceptors (Lipinski definition) is 8. The van der Waals surface area contributed by atoms with Crippen molar-refractivity contribution in [1.82, 2.24) is 34.5 Å². The molecule has 0 saturated carbocycles. The second kappa shape index (κ2) is 7.02. The zero-order valence-electron chi connectivity index (χ0n) is 15.1. The highest BCUT2D eigenvalue weighted by molar-refractivity contribution is 7.10. The third kappa shape index (κ3) is 3.28.